The van der Waals surface area contributed by atoms with Gasteiger partial charge in [0, 0.05) is 18.6 Å². The Morgan fingerprint density at radius 2 is 2.11 bits per heavy atom. The molecular weight excluding hydrogens is 284 g/mol. The SMILES string of the molecule is COCCc1ccc(Oc2snc(Cl)c2C#N)cc1. The lowest BCUT2D eigenvalue weighted by atomic mass is 10.1. The smallest absolute Gasteiger partial charge is 0.219 e. The van der Waals surface area contributed by atoms with Crippen LogP contribution in [0.15, 0.2) is 24.3 Å². The Morgan fingerprint density at radius 3 is 2.74 bits per heavy atom. The molecule has 0 atom stereocenters. The standard InChI is InChI=1S/C13H11ClN2O2S/c1-17-7-6-9-2-4-10(5-3-9)18-13-11(8-15)12(14)16-19-13/h2-5H,6-7H2,1H3. The Morgan fingerprint density at radius 1 is 1.37 bits per heavy atom. The molecule has 0 aliphatic carbocycles. The number of hydrogen-bond acceptors (Lipinski definition) is 5. The molecule has 0 N–H and O–H groups in total. The lowest BCUT2D eigenvalue weighted by molar-refractivity contribution is 0.202. The van der Waals surface area contributed by atoms with Gasteiger partial charge >= 0.3 is 0 Å². The minimum absolute atomic E-state index is 0.180. The number of rotatable bonds is 5. The van der Waals surface area contributed by atoms with E-state index in [1.807, 2.05) is 30.3 Å². The Balaban J connectivity index is 2.09. The Bertz CT molecular complexity index is 590. The monoisotopic (exact) mass is 294 g/mol. The molecule has 0 saturated heterocycles. The highest BCUT2D eigenvalue weighted by atomic mass is 35.5. The van der Waals surface area contributed by atoms with Crippen LogP contribution >= 0.6 is 23.1 Å². The molecule has 0 aliphatic heterocycles. The Kier molecular flexibility index (Phi) is 4.74. The first-order chi connectivity index (χ1) is 9.24. The van der Waals surface area contributed by atoms with E-state index in [9.17, 15) is 0 Å². The van der Waals surface area contributed by atoms with Crippen molar-refractivity contribution in [3.63, 3.8) is 0 Å². The van der Waals surface area contributed by atoms with Crippen LogP contribution in [0.4, 0.5) is 0 Å². The van der Waals surface area contributed by atoms with Gasteiger partial charge in [0.25, 0.3) is 0 Å². The fourth-order valence-corrected chi connectivity index (χ4v) is 2.38. The van der Waals surface area contributed by atoms with E-state index < -0.39 is 0 Å². The van der Waals surface area contributed by atoms with E-state index in [1.54, 1.807) is 7.11 Å². The van der Waals surface area contributed by atoms with Crippen molar-refractivity contribution in [2.45, 2.75) is 6.42 Å². The van der Waals surface area contributed by atoms with E-state index >= 15 is 0 Å². The highest BCUT2D eigenvalue weighted by Crippen LogP contribution is 2.33. The first kappa shape index (κ1) is 13.8. The van der Waals surface area contributed by atoms with Crippen molar-refractivity contribution in [2.75, 3.05) is 13.7 Å². The van der Waals surface area contributed by atoms with E-state index in [4.69, 9.17) is 26.3 Å². The summed E-state index contributed by atoms with van der Waals surface area (Å²) in [6.45, 7) is 0.684. The van der Waals surface area contributed by atoms with Crippen molar-refractivity contribution in [2.24, 2.45) is 0 Å². The first-order valence-electron chi connectivity index (χ1n) is 5.55. The zero-order chi connectivity index (χ0) is 13.7. The second kappa shape index (κ2) is 6.53. The number of methoxy groups -OCH3 is 1. The molecular formula is C13H11ClN2O2S. The molecule has 0 spiro atoms. The van der Waals surface area contributed by atoms with E-state index in [-0.39, 0.29) is 10.7 Å². The fourth-order valence-electron chi connectivity index (χ4n) is 1.47. The van der Waals surface area contributed by atoms with Gasteiger partial charge < -0.3 is 9.47 Å². The molecule has 0 unspecified atom stereocenters. The minimum atomic E-state index is 0.180. The highest BCUT2D eigenvalue weighted by Gasteiger charge is 2.13. The summed E-state index contributed by atoms with van der Waals surface area (Å²) < 4.78 is 14.5. The summed E-state index contributed by atoms with van der Waals surface area (Å²) in [6, 6.07) is 9.59. The first-order valence-corrected chi connectivity index (χ1v) is 6.70. The highest BCUT2D eigenvalue weighted by molar-refractivity contribution is 7.08. The third-order valence-corrected chi connectivity index (χ3v) is 3.56. The van der Waals surface area contributed by atoms with Crippen LogP contribution in [0.25, 0.3) is 0 Å². The van der Waals surface area contributed by atoms with Crippen molar-refractivity contribution < 1.29 is 9.47 Å². The fraction of sp³-hybridized carbons (Fsp3) is 0.231. The number of halogens is 1. The summed E-state index contributed by atoms with van der Waals surface area (Å²) in [5.74, 6) is 0.651. The van der Waals surface area contributed by atoms with Crippen molar-refractivity contribution in [3.8, 4) is 16.9 Å². The third-order valence-electron chi connectivity index (χ3n) is 2.46. The van der Waals surface area contributed by atoms with Crippen LogP contribution in [-0.2, 0) is 11.2 Å². The number of nitriles is 1. The van der Waals surface area contributed by atoms with Gasteiger partial charge in [-0.25, -0.2) is 0 Å². The third kappa shape index (κ3) is 3.44. The topological polar surface area (TPSA) is 55.1 Å². The molecule has 0 radical (unpaired) electrons. The van der Waals surface area contributed by atoms with Gasteiger partial charge in [-0.2, -0.15) is 9.64 Å². The van der Waals surface area contributed by atoms with Crippen molar-refractivity contribution in [1.82, 2.24) is 4.37 Å². The van der Waals surface area contributed by atoms with Crippen molar-refractivity contribution in [3.05, 3.63) is 40.5 Å². The summed E-state index contributed by atoms with van der Waals surface area (Å²) in [5, 5.41) is 9.54. The maximum Gasteiger partial charge on any atom is 0.219 e. The van der Waals surface area contributed by atoms with Crippen LogP contribution in [0, 0.1) is 11.3 Å². The van der Waals surface area contributed by atoms with Gasteiger partial charge in [0.1, 0.15) is 17.4 Å². The number of hydrogen-bond donors (Lipinski definition) is 0. The predicted octanol–water partition coefficient (Wildman–Crippen LogP) is 3.65. The number of ether oxygens (including phenoxy) is 2. The molecule has 2 aromatic rings. The van der Waals surface area contributed by atoms with Gasteiger partial charge in [-0.1, -0.05) is 23.7 Å². The molecule has 0 saturated carbocycles. The van der Waals surface area contributed by atoms with E-state index in [0.29, 0.717) is 17.4 Å². The lowest BCUT2D eigenvalue weighted by Gasteiger charge is -2.04. The van der Waals surface area contributed by atoms with Gasteiger partial charge in [0.05, 0.1) is 6.61 Å². The van der Waals surface area contributed by atoms with Crippen LogP contribution in [0.5, 0.6) is 10.8 Å². The maximum atomic E-state index is 8.95. The lowest BCUT2D eigenvalue weighted by Crippen LogP contribution is -1.94. The zero-order valence-corrected chi connectivity index (χ0v) is 11.8. The van der Waals surface area contributed by atoms with Crippen LogP contribution in [0.1, 0.15) is 11.1 Å². The van der Waals surface area contributed by atoms with E-state index in [1.165, 1.54) is 0 Å². The van der Waals surface area contributed by atoms with Crippen LogP contribution < -0.4 is 4.74 Å². The van der Waals surface area contributed by atoms with Gasteiger partial charge in [-0.3, -0.25) is 0 Å². The van der Waals surface area contributed by atoms with Gasteiger partial charge in [-0.05, 0) is 24.1 Å². The Labute approximate surface area is 120 Å². The molecule has 4 nitrogen and oxygen atoms in total. The number of nitrogens with zero attached hydrogens (tertiary/aromatic N) is 2. The average molecular weight is 295 g/mol. The van der Waals surface area contributed by atoms with E-state index in [0.717, 1.165) is 23.5 Å². The second-order valence-electron chi connectivity index (χ2n) is 3.74. The molecule has 19 heavy (non-hydrogen) atoms. The summed E-state index contributed by atoms with van der Waals surface area (Å²) >= 11 is 6.84. The van der Waals surface area contributed by atoms with Crippen molar-refractivity contribution >= 4 is 23.1 Å². The molecule has 1 aromatic carbocycles. The van der Waals surface area contributed by atoms with Crippen LogP contribution in [-0.4, -0.2) is 18.1 Å². The van der Waals surface area contributed by atoms with Gasteiger partial charge in [-0.15, -0.1) is 0 Å². The molecule has 1 aromatic heterocycles. The van der Waals surface area contributed by atoms with Gasteiger partial charge in [0.15, 0.2) is 5.15 Å². The second-order valence-corrected chi connectivity index (χ2v) is 4.83. The maximum absolute atomic E-state index is 8.95. The van der Waals surface area contributed by atoms with Gasteiger partial charge in [0.2, 0.25) is 5.06 Å². The normalized spacial score (nSPS) is 10.2. The zero-order valence-electron chi connectivity index (χ0n) is 10.2. The molecule has 1 heterocycles. The average Bonchev–Trinajstić information content (AvgIpc) is 2.78. The predicted molar refractivity (Wildman–Crippen MR) is 73.9 cm³/mol. The van der Waals surface area contributed by atoms with E-state index in [2.05, 4.69) is 4.37 Å². The molecule has 6 heteroatoms. The molecule has 2 rings (SSSR count). The largest absolute Gasteiger partial charge is 0.444 e. The number of benzene rings is 1. The summed E-state index contributed by atoms with van der Waals surface area (Å²) in [6.07, 6.45) is 0.854. The quantitative estimate of drug-likeness (QED) is 0.844. The summed E-state index contributed by atoms with van der Waals surface area (Å²) in [5.41, 5.74) is 1.44. The van der Waals surface area contributed by atoms with Crippen LogP contribution in [0.2, 0.25) is 5.15 Å². The van der Waals surface area contributed by atoms with Crippen LogP contribution in [0.3, 0.4) is 0 Å². The molecule has 0 aliphatic rings. The Hall–Kier alpha value is -1.61. The molecule has 0 fully saturated rings. The summed E-state index contributed by atoms with van der Waals surface area (Å²) in [4.78, 5) is 0. The molecule has 98 valence electrons. The molecule has 0 bridgehead atoms. The van der Waals surface area contributed by atoms with Crippen molar-refractivity contribution in [1.29, 1.82) is 5.26 Å². The molecule has 0 amide bonds. The number of aromatic nitrogens is 1. The minimum Gasteiger partial charge on any atom is -0.444 e. The summed E-state index contributed by atoms with van der Waals surface area (Å²) in [7, 11) is 1.68.